The Balaban J connectivity index is 1.88. The maximum atomic E-state index is 12.1. The van der Waals surface area contributed by atoms with Gasteiger partial charge in [0.1, 0.15) is 0 Å². The van der Waals surface area contributed by atoms with Crippen LogP contribution in [-0.2, 0) is 4.79 Å². The fourth-order valence-corrected chi connectivity index (χ4v) is 3.06. The highest BCUT2D eigenvalue weighted by atomic mass is 35.5. The summed E-state index contributed by atoms with van der Waals surface area (Å²) in [4.78, 5) is 12.1. The summed E-state index contributed by atoms with van der Waals surface area (Å²) in [5.41, 5.74) is 1.02. The van der Waals surface area contributed by atoms with E-state index in [9.17, 15) is 4.79 Å². The summed E-state index contributed by atoms with van der Waals surface area (Å²) in [6.45, 7) is 3.93. The fourth-order valence-electron chi connectivity index (χ4n) is 2.76. The molecule has 0 aliphatic heterocycles. The van der Waals surface area contributed by atoms with Gasteiger partial charge in [0.2, 0.25) is 5.91 Å². The number of nitrogens with one attached hydrogen (secondary N) is 2. The van der Waals surface area contributed by atoms with Gasteiger partial charge < -0.3 is 5.32 Å². The normalized spacial score (nSPS) is 18.8. The quantitative estimate of drug-likeness (QED) is 0.873. The topological polar surface area (TPSA) is 41.1 Å². The number of rotatable bonds is 5. The van der Waals surface area contributed by atoms with Crippen LogP contribution in [0.5, 0.6) is 0 Å². The Bertz CT molecular complexity index is 458. The summed E-state index contributed by atoms with van der Waals surface area (Å²) in [5.74, 6) is 0.0794. The minimum absolute atomic E-state index is 0.0491. The molecule has 0 radical (unpaired) electrons. The van der Waals surface area contributed by atoms with Crippen molar-refractivity contribution in [2.24, 2.45) is 0 Å². The lowest BCUT2D eigenvalue weighted by molar-refractivity contribution is -0.123. The second-order valence-corrected chi connectivity index (χ2v) is 6.03. The molecule has 0 aromatic heterocycles. The minimum Gasteiger partial charge on any atom is -0.352 e. The van der Waals surface area contributed by atoms with Gasteiger partial charge in [-0.2, -0.15) is 0 Å². The van der Waals surface area contributed by atoms with E-state index in [1.165, 1.54) is 12.8 Å². The van der Waals surface area contributed by atoms with Gasteiger partial charge in [-0.15, -0.1) is 0 Å². The number of halogens is 1. The van der Waals surface area contributed by atoms with E-state index in [-0.39, 0.29) is 18.0 Å². The summed E-state index contributed by atoms with van der Waals surface area (Å²) in [5, 5.41) is 7.16. The average molecular weight is 295 g/mol. The number of hydrogen-bond acceptors (Lipinski definition) is 2. The van der Waals surface area contributed by atoms with Crippen LogP contribution in [-0.4, -0.2) is 18.0 Å². The molecule has 0 spiro atoms. The van der Waals surface area contributed by atoms with Gasteiger partial charge in [-0.3, -0.25) is 10.1 Å². The van der Waals surface area contributed by atoms with Gasteiger partial charge in [0.25, 0.3) is 0 Å². The molecule has 4 heteroatoms. The number of carbonyl (C=O) groups is 1. The van der Waals surface area contributed by atoms with Crippen molar-refractivity contribution in [2.45, 2.75) is 57.7 Å². The predicted molar refractivity (Wildman–Crippen MR) is 82.9 cm³/mol. The Morgan fingerprint density at radius 2 is 1.90 bits per heavy atom. The molecule has 0 bridgehead atoms. The molecule has 2 atom stereocenters. The molecule has 1 fully saturated rings. The zero-order chi connectivity index (χ0) is 14.5. The van der Waals surface area contributed by atoms with E-state index in [0.717, 1.165) is 23.4 Å². The van der Waals surface area contributed by atoms with E-state index in [4.69, 9.17) is 11.6 Å². The van der Waals surface area contributed by atoms with Crippen LogP contribution in [0.15, 0.2) is 24.3 Å². The first-order valence-corrected chi connectivity index (χ1v) is 7.76. The van der Waals surface area contributed by atoms with Crippen LogP contribution in [0, 0.1) is 0 Å². The van der Waals surface area contributed by atoms with E-state index in [0.29, 0.717) is 6.04 Å². The second-order valence-electron chi connectivity index (χ2n) is 5.62. The largest absolute Gasteiger partial charge is 0.352 e. The molecule has 1 amide bonds. The first-order chi connectivity index (χ1) is 9.58. The predicted octanol–water partition coefficient (Wildman–Crippen LogP) is 3.44. The molecule has 20 heavy (non-hydrogen) atoms. The molecule has 1 saturated carbocycles. The summed E-state index contributed by atoms with van der Waals surface area (Å²) in [7, 11) is 0. The zero-order valence-electron chi connectivity index (χ0n) is 12.2. The van der Waals surface area contributed by atoms with Crippen LogP contribution < -0.4 is 10.6 Å². The molecule has 0 saturated heterocycles. The maximum absolute atomic E-state index is 12.1. The summed E-state index contributed by atoms with van der Waals surface area (Å²) in [6.07, 6.45) is 4.67. The van der Waals surface area contributed by atoms with Crippen LogP contribution in [0.3, 0.4) is 0 Å². The average Bonchev–Trinajstić information content (AvgIpc) is 2.91. The Morgan fingerprint density at radius 3 is 2.55 bits per heavy atom. The zero-order valence-corrected chi connectivity index (χ0v) is 12.9. The van der Waals surface area contributed by atoms with Crippen molar-refractivity contribution in [1.29, 1.82) is 0 Å². The van der Waals surface area contributed by atoms with Gasteiger partial charge in [-0.25, -0.2) is 0 Å². The van der Waals surface area contributed by atoms with Gasteiger partial charge in [-0.05, 0) is 38.3 Å². The molecule has 1 aromatic rings. The molecule has 3 nitrogen and oxygen atoms in total. The highest BCUT2D eigenvalue weighted by molar-refractivity contribution is 6.31. The van der Waals surface area contributed by atoms with Crippen LogP contribution in [0.25, 0.3) is 0 Å². The van der Waals surface area contributed by atoms with E-state index < -0.39 is 0 Å². The number of benzene rings is 1. The maximum Gasteiger partial charge on any atom is 0.237 e. The molecule has 2 rings (SSSR count). The summed E-state index contributed by atoms with van der Waals surface area (Å²) >= 11 is 6.18. The molecular formula is C16H23ClN2O. The van der Waals surface area contributed by atoms with Crippen molar-refractivity contribution in [3.8, 4) is 0 Å². The molecule has 1 aliphatic rings. The third-order valence-electron chi connectivity index (χ3n) is 3.97. The number of hydrogen-bond donors (Lipinski definition) is 2. The van der Waals surface area contributed by atoms with Crippen molar-refractivity contribution < 1.29 is 4.79 Å². The Labute approximate surface area is 126 Å². The van der Waals surface area contributed by atoms with E-state index in [1.54, 1.807) is 0 Å². The fraction of sp³-hybridized carbons (Fsp3) is 0.562. The Morgan fingerprint density at radius 1 is 1.25 bits per heavy atom. The molecule has 1 aliphatic carbocycles. The van der Waals surface area contributed by atoms with Crippen molar-refractivity contribution in [3.05, 3.63) is 34.9 Å². The smallest absolute Gasteiger partial charge is 0.237 e. The second kappa shape index (κ2) is 7.09. The molecule has 110 valence electrons. The van der Waals surface area contributed by atoms with Gasteiger partial charge in [0.15, 0.2) is 0 Å². The standard InChI is InChI=1S/C16H23ClN2O/c1-11(14-9-5-6-10-15(14)17)18-12(2)16(20)19-13-7-3-4-8-13/h5-6,9-13,18H,3-4,7-8H2,1-2H3,(H,19,20). The number of carbonyl (C=O) groups excluding carboxylic acids is 1. The first kappa shape index (κ1) is 15.3. The highest BCUT2D eigenvalue weighted by Crippen LogP contribution is 2.22. The van der Waals surface area contributed by atoms with E-state index in [1.807, 2.05) is 38.1 Å². The highest BCUT2D eigenvalue weighted by Gasteiger charge is 2.22. The van der Waals surface area contributed by atoms with Crippen LogP contribution >= 0.6 is 11.6 Å². The van der Waals surface area contributed by atoms with Gasteiger partial charge in [0, 0.05) is 17.1 Å². The van der Waals surface area contributed by atoms with Gasteiger partial charge in [0.05, 0.1) is 6.04 Å². The molecule has 2 unspecified atom stereocenters. The van der Waals surface area contributed by atoms with Crippen LogP contribution in [0.4, 0.5) is 0 Å². The summed E-state index contributed by atoms with van der Waals surface area (Å²) < 4.78 is 0. The third kappa shape index (κ3) is 3.97. The monoisotopic (exact) mass is 294 g/mol. The number of amides is 1. The van der Waals surface area contributed by atoms with Crippen LogP contribution in [0.1, 0.15) is 51.1 Å². The van der Waals surface area contributed by atoms with E-state index >= 15 is 0 Å². The van der Waals surface area contributed by atoms with Crippen molar-refractivity contribution in [1.82, 2.24) is 10.6 Å². The Kier molecular flexibility index (Phi) is 5.44. The third-order valence-corrected chi connectivity index (χ3v) is 4.31. The molecule has 2 N–H and O–H groups in total. The first-order valence-electron chi connectivity index (χ1n) is 7.39. The summed E-state index contributed by atoms with van der Waals surface area (Å²) in [6, 6.07) is 7.93. The molecule has 1 aromatic carbocycles. The van der Waals surface area contributed by atoms with Crippen LogP contribution in [0.2, 0.25) is 5.02 Å². The minimum atomic E-state index is -0.220. The van der Waals surface area contributed by atoms with Gasteiger partial charge >= 0.3 is 0 Å². The van der Waals surface area contributed by atoms with Crippen molar-refractivity contribution in [2.75, 3.05) is 0 Å². The lowest BCUT2D eigenvalue weighted by Gasteiger charge is -2.22. The van der Waals surface area contributed by atoms with Crippen molar-refractivity contribution >= 4 is 17.5 Å². The lowest BCUT2D eigenvalue weighted by atomic mass is 10.1. The van der Waals surface area contributed by atoms with Gasteiger partial charge in [-0.1, -0.05) is 42.6 Å². The van der Waals surface area contributed by atoms with E-state index in [2.05, 4.69) is 10.6 Å². The van der Waals surface area contributed by atoms with Crippen molar-refractivity contribution in [3.63, 3.8) is 0 Å². The Hall–Kier alpha value is -1.06. The molecule has 0 heterocycles. The SMILES string of the molecule is CC(NC(C)c1ccccc1Cl)C(=O)NC1CCCC1. The molecular weight excluding hydrogens is 272 g/mol. The lowest BCUT2D eigenvalue weighted by Crippen LogP contribution is -2.46.